The summed E-state index contributed by atoms with van der Waals surface area (Å²) in [5.41, 5.74) is 3.51. The maximum Gasteiger partial charge on any atom is 0.251 e. The van der Waals surface area contributed by atoms with E-state index in [1.54, 1.807) is 16.9 Å². The minimum Gasteiger partial charge on any atom is -0.454 e. The first-order chi connectivity index (χ1) is 12.2. The molecule has 1 amide bonds. The average Bonchev–Trinajstić information content (AvgIpc) is 3.28. The second-order valence-corrected chi connectivity index (χ2v) is 5.85. The van der Waals surface area contributed by atoms with Crippen LogP contribution in [0.1, 0.15) is 15.9 Å². The summed E-state index contributed by atoms with van der Waals surface area (Å²) in [4.78, 5) is 12.5. The molecule has 0 spiro atoms. The molecule has 126 valence electrons. The quantitative estimate of drug-likeness (QED) is 0.796. The maximum atomic E-state index is 12.5. The fraction of sp³-hybridized carbons (Fsp3) is 0.158. The molecular weight excluding hydrogens is 318 g/mol. The van der Waals surface area contributed by atoms with Gasteiger partial charge < -0.3 is 14.8 Å². The smallest absolute Gasteiger partial charge is 0.251 e. The average molecular weight is 335 g/mol. The van der Waals surface area contributed by atoms with Crippen LogP contribution in [-0.4, -0.2) is 22.5 Å². The number of amides is 1. The van der Waals surface area contributed by atoms with Gasteiger partial charge in [0.15, 0.2) is 11.5 Å². The molecule has 4 rings (SSSR count). The number of nitrogens with one attached hydrogen (secondary N) is 1. The van der Waals surface area contributed by atoms with Crippen LogP contribution in [-0.2, 0) is 13.6 Å². The van der Waals surface area contributed by atoms with E-state index < -0.39 is 0 Å². The first kappa shape index (κ1) is 15.3. The highest BCUT2D eigenvalue weighted by atomic mass is 16.7. The van der Waals surface area contributed by atoms with E-state index in [0.717, 1.165) is 22.4 Å². The molecule has 1 aromatic heterocycles. The number of fused-ring (bicyclic) bond motifs is 1. The van der Waals surface area contributed by atoms with Gasteiger partial charge in [0, 0.05) is 30.9 Å². The van der Waals surface area contributed by atoms with Gasteiger partial charge in [-0.2, -0.15) is 5.10 Å². The second kappa shape index (κ2) is 6.32. The summed E-state index contributed by atoms with van der Waals surface area (Å²) in [6, 6.07) is 13.2. The van der Waals surface area contributed by atoms with Crippen molar-refractivity contribution in [1.82, 2.24) is 15.1 Å². The predicted molar refractivity (Wildman–Crippen MR) is 92.4 cm³/mol. The van der Waals surface area contributed by atoms with Gasteiger partial charge in [-0.25, -0.2) is 0 Å². The van der Waals surface area contributed by atoms with Crippen LogP contribution < -0.4 is 14.8 Å². The Morgan fingerprint density at radius 1 is 1.16 bits per heavy atom. The van der Waals surface area contributed by atoms with E-state index in [-0.39, 0.29) is 12.7 Å². The third kappa shape index (κ3) is 3.19. The van der Waals surface area contributed by atoms with Crippen molar-refractivity contribution in [3.8, 4) is 22.6 Å². The summed E-state index contributed by atoms with van der Waals surface area (Å²) in [5.74, 6) is 1.33. The van der Waals surface area contributed by atoms with Crippen LogP contribution in [0.4, 0.5) is 0 Å². The zero-order valence-corrected chi connectivity index (χ0v) is 13.7. The van der Waals surface area contributed by atoms with Crippen molar-refractivity contribution in [2.45, 2.75) is 6.54 Å². The monoisotopic (exact) mass is 335 g/mol. The Labute approximate surface area is 145 Å². The molecule has 2 heterocycles. The van der Waals surface area contributed by atoms with Crippen molar-refractivity contribution < 1.29 is 14.3 Å². The van der Waals surface area contributed by atoms with Crippen LogP contribution in [0.3, 0.4) is 0 Å². The number of hydrogen-bond acceptors (Lipinski definition) is 4. The van der Waals surface area contributed by atoms with E-state index in [0.29, 0.717) is 17.9 Å². The van der Waals surface area contributed by atoms with Crippen LogP contribution in [0.15, 0.2) is 54.9 Å². The standard InChI is InChI=1S/C19H17N3O3/c1-22-11-16(10-21-22)14-3-2-4-15(8-14)19(23)20-9-13-5-6-17-18(7-13)25-12-24-17/h2-8,10-11H,9,12H2,1H3,(H,20,23). The molecule has 0 aliphatic carbocycles. The Morgan fingerprint density at radius 2 is 2.04 bits per heavy atom. The number of nitrogens with zero attached hydrogens (tertiary/aromatic N) is 2. The Hall–Kier alpha value is -3.28. The van der Waals surface area contributed by atoms with Gasteiger partial charge in [0.05, 0.1) is 6.20 Å². The van der Waals surface area contributed by atoms with Crippen LogP contribution in [0, 0.1) is 0 Å². The van der Waals surface area contributed by atoms with Gasteiger partial charge in [0.2, 0.25) is 6.79 Å². The lowest BCUT2D eigenvalue weighted by Gasteiger charge is -2.07. The number of carbonyl (C=O) groups is 1. The topological polar surface area (TPSA) is 65.4 Å². The van der Waals surface area contributed by atoms with E-state index >= 15 is 0 Å². The number of aromatic nitrogens is 2. The van der Waals surface area contributed by atoms with Crippen molar-refractivity contribution in [3.05, 3.63) is 66.0 Å². The Morgan fingerprint density at radius 3 is 2.88 bits per heavy atom. The van der Waals surface area contributed by atoms with Crippen molar-refractivity contribution in [1.29, 1.82) is 0 Å². The van der Waals surface area contributed by atoms with Crippen LogP contribution in [0.5, 0.6) is 11.5 Å². The largest absolute Gasteiger partial charge is 0.454 e. The molecule has 1 aliphatic heterocycles. The SMILES string of the molecule is Cn1cc(-c2cccc(C(=O)NCc3ccc4c(c3)OCO4)c2)cn1. The van der Waals surface area contributed by atoms with Gasteiger partial charge in [-0.05, 0) is 35.4 Å². The molecule has 0 fully saturated rings. The van der Waals surface area contributed by atoms with E-state index in [1.165, 1.54) is 0 Å². The zero-order chi connectivity index (χ0) is 17.2. The second-order valence-electron chi connectivity index (χ2n) is 5.85. The lowest BCUT2D eigenvalue weighted by Crippen LogP contribution is -2.22. The number of carbonyl (C=O) groups excluding carboxylic acids is 1. The van der Waals surface area contributed by atoms with Crippen molar-refractivity contribution in [3.63, 3.8) is 0 Å². The number of hydrogen-bond donors (Lipinski definition) is 1. The summed E-state index contributed by atoms with van der Waals surface area (Å²) in [6.45, 7) is 0.666. The molecule has 0 bridgehead atoms. The van der Waals surface area contributed by atoms with Gasteiger partial charge >= 0.3 is 0 Å². The lowest BCUT2D eigenvalue weighted by atomic mass is 10.1. The number of benzene rings is 2. The minimum atomic E-state index is -0.122. The van der Waals surface area contributed by atoms with E-state index in [2.05, 4.69) is 10.4 Å². The third-order valence-electron chi connectivity index (χ3n) is 4.05. The summed E-state index contributed by atoms with van der Waals surface area (Å²) in [7, 11) is 1.87. The van der Waals surface area contributed by atoms with Crippen molar-refractivity contribution in [2.75, 3.05) is 6.79 Å². The van der Waals surface area contributed by atoms with Gasteiger partial charge in [-0.1, -0.05) is 18.2 Å². The van der Waals surface area contributed by atoms with Crippen molar-refractivity contribution >= 4 is 5.91 Å². The first-order valence-corrected chi connectivity index (χ1v) is 7.95. The van der Waals surface area contributed by atoms with E-state index in [4.69, 9.17) is 9.47 Å². The minimum absolute atomic E-state index is 0.122. The summed E-state index contributed by atoms with van der Waals surface area (Å²) < 4.78 is 12.4. The first-order valence-electron chi connectivity index (χ1n) is 7.95. The predicted octanol–water partition coefficient (Wildman–Crippen LogP) is 2.75. The molecule has 6 nitrogen and oxygen atoms in total. The van der Waals surface area contributed by atoms with Crippen LogP contribution in [0.2, 0.25) is 0 Å². The normalized spacial score (nSPS) is 12.2. The van der Waals surface area contributed by atoms with Gasteiger partial charge in [-0.3, -0.25) is 9.48 Å². The Bertz CT molecular complexity index is 933. The highest BCUT2D eigenvalue weighted by Gasteiger charge is 2.14. The van der Waals surface area contributed by atoms with Crippen LogP contribution in [0.25, 0.3) is 11.1 Å². The zero-order valence-electron chi connectivity index (χ0n) is 13.7. The van der Waals surface area contributed by atoms with Crippen LogP contribution >= 0.6 is 0 Å². The highest BCUT2D eigenvalue weighted by Crippen LogP contribution is 2.32. The molecule has 0 radical (unpaired) electrons. The highest BCUT2D eigenvalue weighted by molar-refractivity contribution is 5.95. The summed E-state index contributed by atoms with van der Waals surface area (Å²) >= 11 is 0. The Kier molecular flexibility index (Phi) is 3.85. The number of aryl methyl sites for hydroxylation is 1. The van der Waals surface area contributed by atoms with E-state index in [9.17, 15) is 4.79 Å². The molecule has 0 saturated heterocycles. The summed E-state index contributed by atoms with van der Waals surface area (Å²) in [5, 5.41) is 7.10. The molecule has 1 aliphatic rings. The third-order valence-corrected chi connectivity index (χ3v) is 4.05. The molecule has 1 N–H and O–H groups in total. The molecule has 25 heavy (non-hydrogen) atoms. The molecular formula is C19H17N3O3. The fourth-order valence-corrected chi connectivity index (χ4v) is 2.75. The number of ether oxygens (including phenoxy) is 2. The molecule has 3 aromatic rings. The molecule has 6 heteroatoms. The molecule has 0 unspecified atom stereocenters. The maximum absolute atomic E-state index is 12.5. The fourth-order valence-electron chi connectivity index (χ4n) is 2.75. The van der Waals surface area contributed by atoms with Gasteiger partial charge in [0.25, 0.3) is 5.91 Å². The number of rotatable bonds is 4. The Balaban J connectivity index is 1.46. The molecule has 0 atom stereocenters. The lowest BCUT2D eigenvalue weighted by molar-refractivity contribution is 0.0951. The van der Waals surface area contributed by atoms with E-state index in [1.807, 2.05) is 49.6 Å². The van der Waals surface area contributed by atoms with Gasteiger partial charge in [-0.15, -0.1) is 0 Å². The van der Waals surface area contributed by atoms with Gasteiger partial charge in [0.1, 0.15) is 0 Å². The summed E-state index contributed by atoms with van der Waals surface area (Å²) in [6.07, 6.45) is 3.70. The molecule has 0 saturated carbocycles. The molecule has 2 aromatic carbocycles. The van der Waals surface area contributed by atoms with Crippen molar-refractivity contribution in [2.24, 2.45) is 7.05 Å².